The topological polar surface area (TPSA) is 38.0 Å². The largest absolute Gasteiger partial charge is 0.395 e. The zero-order valence-electron chi connectivity index (χ0n) is 9.67. The van der Waals surface area contributed by atoms with Gasteiger partial charge in [-0.3, -0.25) is 4.68 Å². The second kappa shape index (κ2) is 3.26. The molecule has 1 atom stereocenters. The molecular formula is C11H16F2N2O. The van der Waals surface area contributed by atoms with Gasteiger partial charge in [0.25, 0.3) is 6.43 Å². The molecule has 1 fully saturated rings. The molecule has 0 bridgehead atoms. The van der Waals surface area contributed by atoms with Crippen LogP contribution in [0.4, 0.5) is 8.78 Å². The molecule has 1 saturated carbocycles. The smallest absolute Gasteiger partial charge is 0.282 e. The lowest BCUT2D eigenvalue weighted by Gasteiger charge is -2.17. The monoisotopic (exact) mass is 230 g/mol. The van der Waals surface area contributed by atoms with Crippen molar-refractivity contribution in [1.29, 1.82) is 0 Å². The summed E-state index contributed by atoms with van der Waals surface area (Å²) in [6.07, 6.45) is -0.259. The van der Waals surface area contributed by atoms with Gasteiger partial charge in [-0.15, -0.1) is 0 Å². The Kier molecular flexibility index (Phi) is 2.35. The van der Waals surface area contributed by atoms with Crippen molar-refractivity contribution >= 4 is 0 Å². The van der Waals surface area contributed by atoms with Gasteiger partial charge in [0, 0.05) is 24.2 Å². The van der Waals surface area contributed by atoms with Crippen molar-refractivity contribution in [3.63, 3.8) is 0 Å². The van der Waals surface area contributed by atoms with Crippen LogP contribution >= 0.6 is 0 Å². The van der Waals surface area contributed by atoms with E-state index in [0.29, 0.717) is 5.56 Å². The molecule has 0 amide bonds. The van der Waals surface area contributed by atoms with Gasteiger partial charge >= 0.3 is 0 Å². The summed E-state index contributed by atoms with van der Waals surface area (Å²) < 4.78 is 27.1. The number of hydrogen-bond acceptors (Lipinski definition) is 2. The number of aliphatic hydroxyl groups excluding tert-OH is 1. The van der Waals surface area contributed by atoms with Crippen molar-refractivity contribution in [3.8, 4) is 0 Å². The zero-order chi connectivity index (χ0) is 12.1. The minimum Gasteiger partial charge on any atom is -0.395 e. The molecule has 16 heavy (non-hydrogen) atoms. The summed E-state index contributed by atoms with van der Waals surface area (Å²) in [7, 11) is 1.62. The summed E-state index contributed by atoms with van der Waals surface area (Å²) in [6, 6.07) is 0. The molecule has 3 nitrogen and oxygen atoms in total. The van der Waals surface area contributed by atoms with Crippen molar-refractivity contribution < 1.29 is 13.9 Å². The molecule has 1 aliphatic carbocycles. The van der Waals surface area contributed by atoms with E-state index in [0.717, 1.165) is 6.42 Å². The minimum absolute atomic E-state index is 0.106. The summed E-state index contributed by atoms with van der Waals surface area (Å²) in [5, 5.41) is 13.3. The van der Waals surface area contributed by atoms with Crippen LogP contribution in [-0.4, -0.2) is 21.5 Å². The van der Waals surface area contributed by atoms with Crippen LogP contribution in [0.1, 0.15) is 38.0 Å². The van der Waals surface area contributed by atoms with E-state index in [1.807, 2.05) is 13.8 Å². The second-order valence-electron chi connectivity index (χ2n) is 5.20. The van der Waals surface area contributed by atoms with E-state index < -0.39 is 11.8 Å². The number of hydrogen-bond donors (Lipinski definition) is 1. The number of halogens is 2. The first-order chi connectivity index (χ1) is 7.34. The quantitative estimate of drug-likeness (QED) is 0.862. The lowest BCUT2D eigenvalue weighted by molar-refractivity contribution is 0.141. The van der Waals surface area contributed by atoms with E-state index in [1.54, 1.807) is 13.2 Å². The van der Waals surface area contributed by atoms with Gasteiger partial charge in [-0.05, 0) is 11.8 Å². The number of alkyl halides is 2. The van der Waals surface area contributed by atoms with Crippen molar-refractivity contribution in [2.45, 2.75) is 32.1 Å². The summed E-state index contributed by atoms with van der Waals surface area (Å²) in [6.45, 7) is 3.85. The van der Waals surface area contributed by atoms with E-state index >= 15 is 0 Å². The first-order valence-electron chi connectivity index (χ1n) is 5.27. The molecule has 1 unspecified atom stereocenters. The Bertz CT molecular complexity index is 414. The van der Waals surface area contributed by atoms with Crippen molar-refractivity contribution in [2.24, 2.45) is 12.5 Å². The lowest BCUT2D eigenvalue weighted by Crippen LogP contribution is -2.20. The maximum absolute atomic E-state index is 12.8. The number of aromatic nitrogens is 2. The van der Waals surface area contributed by atoms with Crippen LogP contribution in [0.3, 0.4) is 0 Å². The van der Waals surface area contributed by atoms with Gasteiger partial charge < -0.3 is 5.11 Å². The van der Waals surface area contributed by atoms with Gasteiger partial charge in [-0.2, -0.15) is 5.10 Å². The van der Waals surface area contributed by atoms with E-state index in [4.69, 9.17) is 0 Å². The molecule has 0 aliphatic heterocycles. The van der Waals surface area contributed by atoms with E-state index in [-0.39, 0.29) is 17.7 Å². The third-order valence-corrected chi connectivity index (χ3v) is 3.76. The SMILES string of the molecule is Cn1cc(C2(CO)CC2(C)C)c(C(F)F)n1. The summed E-state index contributed by atoms with van der Waals surface area (Å²) in [5.41, 5.74) is -0.360. The Morgan fingerprint density at radius 3 is 2.50 bits per heavy atom. The number of rotatable bonds is 3. The molecule has 1 aliphatic rings. The Balaban J connectivity index is 2.48. The average molecular weight is 230 g/mol. The highest BCUT2D eigenvalue weighted by molar-refractivity contribution is 5.39. The summed E-state index contributed by atoms with van der Waals surface area (Å²) in [4.78, 5) is 0. The maximum Gasteiger partial charge on any atom is 0.282 e. The number of nitrogens with zero attached hydrogens (tertiary/aromatic N) is 2. The Morgan fingerprint density at radius 2 is 2.12 bits per heavy atom. The van der Waals surface area contributed by atoms with Crippen LogP contribution in [0, 0.1) is 5.41 Å². The first kappa shape index (κ1) is 11.5. The fourth-order valence-corrected chi connectivity index (χ4v) is 2.56. The average Bonchev–Trinajstić information content (AvgIpc) is 2.54. The Hall–Kier alpha value is -0.970. The third-order valence-electron chi connectivity index (χ3n) is 3.76. The Morgan fingerprint density at radius 1 is 1.56 bits per heavy atom. The van der Waals surface area contributed by atoms with Crippen molar-refractivity contribution in [1.82, 2.24) is 9.78 Å². The Labute approximate surface area is 93.1 Å². The van der Waals surface area contributed by atoms with E-state index in [9.17, 15) is 13.9 Å². The van der Waals surface area contributed by atoms with Crippen molar-refractivity contribution in [2.75, 3.05) is 6.61 Å². The number of aliphatic hydroxyl groups is 1. The van der Waals surface area contributed by atoms with Gasteiger partial charge in [-0.1, -0.05) is 13.8 Å². The molecule has 0 radical (unpaired) electrons. The number of aryl methyl sites for hydroxylation is 1. The molecule has 0 aromatic carbocycles. The van der Waals surface area contributed by atoms with Gasteiger partial charge in [-0.25, -0.2) is 8.78 Å². The third kappa shape index (κ3) is 1.38. The molecule has 2 rings (SSSR count). The minimum atomic E-state index is -2.59. The molecule has 5 heteroatoms. The molecule has 1 aromatic heterocycles. The van der Waals surface area contributed by atoms with Crippen LogP contribution in [0.25, 0.3) is 0 Å². The molecule has 90 valence electrons. The maximum atomic E-state index is 12.8. The van der Waals surface area contributed by atoms with Gasteiger partial charge in [0.05, 0.1) is 6.61 Å². The molecule has 0 saturated heterocycles. The van der Waals surface area contributed by atoms with Crippen molar-refractivity contribution in [3.05, 3.63) is 17.5 Å². The fourth-order valence-electron chi connectivity index (χ4n) is 2.56. The van der Waals surface area contributed by atoms with E-state index in [2.05, 4.69) is 5.10 Å². The highest BCUT2D eigenvalue weighted by atomic mass is 19.3. The van der Waals surface area contributed by atoms with E-state index in [1.165, 1.54) is 4.68 Å². The van der Waals surface area contributed by atoms with Crippen LogP contribution < -0.4 is 0 Å². The lowest BCUT2D eigenvalue weighted by atomic mass is 9.89. The molecule has 1 heterocycles. The van der Waals surface area contributed by atoms with Crippen LogP contribution in [0.5, 0.6) is 0 Å². The fraction of sp³-hybridized carbons (Fsp3) is 0.727. The predicted octanol–water partition coefficient (Wildman–Crippen LogP) is 2.02. The zero-order valence-corrected chi connectivity index (χ0v) is 9.67. The molecule has 1 N–H and O–H groups in total. The molecular weight excluding hydrogens is 214 g/mol. The second-order valence-corrected chi connectivity index (χ2v) is 5.20. The predicted molar refractivity (Wildman–Crippen MR) is 55.3 cm³/mol. The highest BCUT2D eigenvalue weighted by Crippen LogP contribution is 2.64. The van der Waals surface area contributed by atoms with Crippen LogP contribution in [0.2, 0.25) is 0 Å². The van der Waals surface area contributed by atoms with Gasteiger partial charge in [0.2, 0.25) is 0 Å². The van der Waals surface area contributed by atoms with Gasteiger partial charge in [0.1, 0.15) is 5.69 Å². The molecule has 0 spiro atoms. The first-order valence-corrected chi connectivity index (χ1v) is 5.27. The molecule has 1 aromatic rings. The van der Waals surface area contributed by atoms with Crippen LogP contribution in [-0.2, 0) is 12.5 Å². The normalized spacial score (nSPS) is 27.4. The van der Waals surface area contributed by atoms with Gasteiger partial charge in [0.15, 0.2) is 0 Å². The summed E-state index contributed by atoms with van der Waals surface area (Å²) in [5.74, 6) is 0. The van der Waals surface area contributed by atoms with Crippen LogP contribution in [0.15, 0.2) is 6.20 Å². The standard InChI is InChI=1S/C11H16F2N2O/c1-10(2)5-11(10,6-16)7-4-15(3)14-8(7)9(12)13/h4,9,16H,5-6H2,1-3H3. The highest BCUT2D eigenvalue weighted by Gasteiger charge is 2.63. The summed E-state index contributed by atoms with van der Waals surface area (Å²) >= 11 is 0.